The zero-order chi connectivity index (χ0) is 22.7. The fourth-order valence-corrected chi connectivity index (χ4v) is 3.67. The molecule has 2 amide bonds. The summed E-state index contributed by atoms with van der Waals surface area (Å²) in [7, 11) is 0. The minimum Gasteiger partial charge on any atom is -0.488 e. The number of hydrazone groups is 1. The van der Waals surface area contributed by atoms with Crippen LogP contribution in [0.2, 0.25) is 0 Å². The minimum absolute atomic E-state index is 0.292. The number of hydrogen-bond donors (Lipinski definition) is 0. The van der Waals surface area contributed by atoms with Crippen molar-refractivity contribution in [3.63, 3.8) is 0 Å². The van der Waals surface area contributed by atoms with Crippen LogP contribution in [0.15, 0.2) is 87.9 Å². The van der Waals surface area contributed by atoms with Crippen molar-refractivity contribution in [1.29, 1.82) is 0 Å². The van der Waals surface area contributed by atoms with Gasteiger partial charge >= 0.3 is 0 Å². The van der Waals surface area contributed by atoms with Crippen molar-refractivity contribution < 1.29 is 18.7 Å². The van der Waals surface area contributed by atoms with E-state index in [-0.39, 0.29) is 5.82 Å². The van der Waals surface area contributed by atoms with E-state index in [4.69, 9.17) is 4.74 Å². The van der Waals surface area contributed by atoms with Crippen molar-refractivity contribution in [1.82, 2.24) is 5.01 Å². The van der Waals surface area contributed by atoms with Crippen molar-refractivity contribution in [2.75, 3.05) is 0 Å². The molecule has 0 aliphatic carbocycles. The van der Waals surface area contributed by atoms with E-state index in [0.29, 0.717) is 33.7 Å². The molecule has 0 atom stereocenters. The molecule has 3 aromatic carbocycles. The van der Waals surface area contributed by atoms with Gasteiger partial charge in [0, 0.05) is 5.56 Å². The van der Waals surface area contributed by atoms with Gasteiger partial charge in [-0.25, -0.2) is 4.39 Å². The van der Waals surface area contributed by atoms with Crippen LogP contribution in [0.3, 0.4) is 0 Å². The molecule has 0 fully saturated rings. The summed E-state index contributed by atoms with van der Waals surface area (Å²) < 4.78 is 19.5. The number of rotatable bonds is 5. The quantitative estimate of drug-likeness (QED) is 0.343. The van der Waals surface area contributed by atoms with Crippen LogP contribution in [0.1, 0.15) is 28.4 Å². The first-order valence-corrected chi connectivity index (χ1v) is 10.6. The molecule has 5 nitrogen and oxygen atoms in total. The summed E-state index contributed by atoms with van der Waals surface area (Å²) in [5.41, 5.74) is 2.80. The average Bonchev–Trinajstić information content (AvgIpc) is 3.08. The second-order valence-corrected chi connectivity index (χ2v) is 7.99. The first-order chi connectivity index (χ1) is 15.4. The van der Waals surface area contributed by atoms with E-state index >= 15 is 0 Å². The van der Waals surface area contributed by atoms with E-state index < -0.39 is 11.8 Å². The Balaban J connectivity index is 1.49. The first kappa shape index (κ1) is 21.6. The van der Waals surface area contributed by atoms with E-state index in [1.54, 1.807) is 67.6 Å². The molecule has 0 spiro atoms. The van der Waals surface area contributed by atoms with Crippen LogP contribution in [-0.2, 0) is 11.4 Å². The van der Waals surface area contributed by atoms with Gasteiger partial charge in [-0.15, -0.1) is 0 Å². The molecule has 1 aliphatic rings. The molecule has 1 heterocycles. The Kier molecular flexibility index (Phi) is 6.28. The van der Waals surface area contributed by atoms with Gasteiger partial charge < -0.3 is 4.74 Å². The van der Waals surface area contributed by atoms with Crippen LogP contribution >= 0.6 is 15.9 Å². The molecule has 0 radical (unpaired) electrons. The van der Waals surface area contributed by atoms with Crippen molar-refractivity contribution in [2.45, 2.75) is 13.5 Å². The minimum atomic E-state index is -0.468. The zero-order valence-corrected chi connectivity index (χ0v) is 18.7. The lowest BCUT2D eigenvalue weighted by Gasteiger charge is -2.10. The number of carbonyl (C=O) groups excluding carboxylic acids is 2. The van der Waals surface area contributed by atoms with Crippen LogP contribution in [0.5, 0.6) is 5.75 Å². The van der Waals surface area contributed by atoms with Gasteiger partial charge in [0.15, 0.2) is 0 Å². The highest BCUT2D eigenvalue weighted by molar-refractivity contribution is 9.10. The molecule has 1 aliphatic heterocycles. The predicted molar refractivity (Wildman–Crippen MR) is 124 cm³/mol. The molecule has 3 aromatic rings. The Morgan fingerprint density at radius 1 is 1.09 bits per heavy atom. The van der Waals surface area contributed by atoms with Crippen LogP contribution < -0.4 is 4.74 Å². The standard InChI is InChI=1S/C25H18BrFN2O3/c1-16-21(25(31)29(28-16)24(30)19-5-3-2-4-6-19)13-18-9-12-23(22(26)14-18)32-15-17-7-10-20(27)11-8-17/h2-14H,15H2,1H3/b21-13+. The number of imide groups is 1. The van der Waals surface area contributed by atoms with Gasteiger partial charge in [0.2, 0.25) is 0 Å². The summed E-state index contributed by atoms with van der Waals surface area (Å²) in [4.78, 5) is 25.5. The van der Waals surface area contributed by atoms with Crippen LogP contribution in [0.4, 0.5) is 4.39 Å². The highest BCUT2D eigenvalue weighted by Crippen LogP contribution is 2.29. The van der Waals surface area contributed by atoms with Gasteiger partial charge in [-0.1, -0.05) is 36.4 Å². The maximum Gasteiger partial charge on any atom is 0.283 e. The Labute approximate surface area is 192 Å². The highest BCUT2D eigenvalue weighted by Gasteiger charge is 2.32. The Bertz CT molecular complexity index is 1240. The third kappa shape index (κ3) is 4.68. The van der Waals surface area contributed by atoms with E-state index in [9.17, 15) is 14.0 Å². The molecular formula is C25H18BrFN2O3. The molecule has 0 aromatic heterocycles. The molecule has 0 bridgehead atoms. The van der Waals surface area contributed by atoms with Crippen LogP contribution in [0.25, 0.3) is 6.08 Å². The SMILES string of the molecule is CC1=NN(C(=O)c2ccccc2)C(=O)/C1=C/c1ccc(OCc2ccc(F)cc2)c(Br)c1. The second-order valence-electron chi connectivity index (χ2n) is 7.14. The number of ether oxygens (including phenoxy) is 1. The fourth-order valence-electron chi connectivity index (χ4n) is 3.16. The Morgan fingerprint density at radius 2 is 1.81 bits per heavy atom. The molecule has 0 saturated carbocycles. The maximum atomic E-state index is 13.0. The van der Waals surface area contributed by atoms with Gasteiger partial charge in [-0.2, -0.15) is 10.1 Å². The predicted octanol–water partition coefficient (Wildman–Crippen LogP) is 5.61. The van der Waals surface area contributed by atoms with E-state index in [1.165, 1.54) is 12.1 Å². The molecule has 0 unspecified atom stereocenters. The Morgan fingerprint density at radius 3 is 2.50 bits per heavy atom. The van der Waals surface area contributed by atoms with Gasteiger partial charge in [-0.05, 0) is 76.5 Å². The van der Waals surface area contributed by atoms with Crippen molar-refractivity contribution >= 4 is 39.5 Å². The second kappa shape index (κ2) is 9.28. The van der Waals surface area contributed by atoms with Crippen molar-refractivity contribution in [3.8, 4) is 5.75 Å². The van der Waals surface area contributed by atoms with Crippen LogP contribution in [0, 0.1) is 5.82 Å². The third-order valence-corrected chi connectivity index (χ3v) is 5.47. The molecule has 32 heavy (non-hydrogen) atoms. The number of hydrogen-bond acceptors (Lipinski definition) is 4. The summed E-state index contributed by atoms with van der Waals surface area (Å²) in [6.45, 7) is 1.98. The number of amides is 2. The van der Waals surface area contributed by atoms with Crippen molar-refractivity contribution in [3.05, 3.63) is 105 Å². The lowest BCUT2D eigenvalue weighted by molar-refractivity contribution is -0.123. The van der Waals surface area contributed by atoms with E-state index in [0.717, 1.165) is 16.1 Å². The number of halogens is 2. The average molecular weight is 493 g/mol. The van der Waals surface area contributed by atoms with E-state index in [2.05, 4.69) is 21.0 Å². The molecule has 0 saturated heterocycles. The maximum absolute atomic E-state index is 13.0. The molecule has 7 heteroatoms. The van der Waals surface area contributed by atoms with Gasteiger partial charge in [0.05, 0.1) is 15.8 Å². The summed E-state index contributed by atoms with van der Waals surface area (Å²) in [5.74, 6) is -0.620. The molecular weight excluding hydrogens is 475 g/mol. The number of benzene rings is 3. The highest BCUT2D eigenvalue weighted by atomic mass is 79.9. The lowest BCUT2D eigenvalue weighted by atomic mass is 10.1. The van der Waals surface area contributed by atoms with Gasteiger partial charge in [-0.3, -0.25) is 9.59 Å². The molecule has 4 rings (SSSR count). The third-order valence-electron chi connectivity index (χ3n) is 4.85. The number of nitrogens with zero attached hydrogens (tertiary/aromatic N) is 2. The summed E-state index contributed by atoms with van der Waals surface area (Å²) in [6.07, 6.45) is 1.69. The normalized spacial score (nSPS) is 14.6. The van der Waals surface area contributed by atoms with Crippen molar-refractivity contribution in [2.24, 2.45) is 5.10 Å². The molecule has 0 N–H and O–H groups in total. The fraction of sp³-hybridized carbons (Fsp3) is 0.0800. The number of carbonyl (C=O) groups is 2. The van der Waals surface area contributed by atoms with Gasteiger partial charge in [0.1, 0.15) is 18.2 Å². The topological polar surface area (TPSA) is 59.0 Å². The summed E-state index contributed by atoms with van der Waals surface area (Å²) in [5, 5.41) is 5.05. The van der Waals surface area contributed by atoms with E-state index in [1.807, 2.05) is 6.07 Å². The zero-order valence-electron chi connectivity index (χ0n) is 17.1. The lowest BCUT2D eigenvalue weighted by Crippen LogP contribution is -2.29. The monoisotopic (exact) mass is 492 g/mol. The first-order valence-electron chi connectivity index (χ1n) is 9.80. The smallest absolute Gasteiger partial charge is 0.283 e. The summed E-state index contributed by atoms with van der Waals surface area (Å²) >= 11 is 3.48. The van der Waals surface area contributed by atoms with Crippen LogP contribution in [-0.4, -0.2) is 22.5 Å². The largest absolute Gasteiger partial charge is 0.488 e. The molecule has 160 valence electrons. The summed E-state index contributed by atoms with van der Waals surface area (Å²) in [6, 6.07) is 20.1. The Hall–Kier alpha value is -3.58. The van der Waals surface area contributed by atoms with Gasteiger partial charge in [0.25, 0.3) is 11.8 Å².